The van der Waals surface area contributed by atoms with Crippen LogP contribution in [0.1, 0.15) is 15.9 Å². The van der Waals surface area contributed by atoms with Gasteiger partial charge in [-0.15, -0.1) is 0 Å². The molecular weight excluding hydrogens is 419 g/mol. The van der Waals surface area contributed by atoms with Crippen LogP contribution < -0.4 is 5.32 Å². The van der Waals surface area contributed by atoms with E-state index in [2.05, 4.69) is 49.9 Å². The molecule has 0 aliphatic rings. The Morgan fingerprint density at radius 1 is 1.21 bits per heavy atom. The maximum absolute atomic E-state index is 12.1. The smallest absolute Gasteiger partial charge is 0.255 e. The predicted molar refractivity (Wildman–Crippen MR) is 86.0 cm³/mol. The van der Waals surface area contributed by atoms with Crippen molar-refractivity contribution < 1.29 is 4.79 Å². The summed E-state index contributed by atoms with van der Waals surface area (Å²) in [6.07, 6.45) is 0. The maximum Gasteiger partial charge on any atom is 0.255 e. The number of hydrogen-bond donors (Lipinski definition) is 1. The summed E-state index contributed by atoms with van der Waals surface area (Å²) >= 11 is 5.50. The van der Waals surface area contributed by atoms with Crippen LogP contribution in [0.3, 0.4) is 0 Å². The lowest BCUT2D eigenvalue weighted by atomic mass is 10.1. The fourth-order valence-corrected chi connectivity index (χ4v) is 2.23. The second kappa shape index (κ2) is 6.17. The number of anilines is 1. The molecule has 2 aromatic carbocycles. The molecule has 0 radical (unpaired) electrons. The van der Waals surface area contributed by atoms with E-state index < -0.39 is 0 Å². The third-order valence-corrected chi connectivity index (χ3v) is 3.67. The molecule has 0 unspecified atom stereocenters. The number of rotatable bonds is 2. The van der Waals surface area contributed by atoms with Gasteiger partial charge in [0.2, 0.25) is 0 Å². The molecule has 19 heavy (non-hydrogen) atoms. The van der Waals surface area contributed by atoms with E-state index in [1.807, 2.05) is 12.1 Å². The Balaban J connectivity index is 2.26. The standard InChI is InChI=1S/C14H8BrIN2O/c15-11-4-1-10(8-17)13(7-11)18-14(19)9-2-5-12(16)6-3-9/h1-7H,(H,18,19). The first-order valence-corrected chi connectivity index (χ1v) is 7.24. The summed E-state index contributed by atoms with van der Waals surface area (Å²) in [4.78, 5) is 12.1. The molecule has 2 rings (SSSR count). The topological polar surface area (TPSA) is 52.9 Å². The molecule has 0 heterocycles. The third kappa shape index (κ3) is 3.55. The summed E-state index contributed by atoms with van der Waals surface area (Å²) < 4.78 is 1.87. The van der Waals surface area contributed by atoms with E-state index >= 15 is 0 Å². The highest BCUT2D eigenvalue weighted by Crippen LogP contribution is 2.21. The number of amides is 1. The Kier molecular flexibility index (Phi) is 4.56. The third-order valence-electron chi connectivity index (χ3n) is 2.46. The van der Waals surface area contributed by atoms with E-state index in [9.17, 15) is 4.79 Å². The fourth-order valence-electron chi connectivity index (χ4n) is 1.51. The lowest BCUT2D eigenvalue weighted by Gasteiger charge is -2.07. The van der Waals surface area contributed by atoms with E-state index in [-0.39, 0.29) is 5.91 Å². The van der Waals surface area contributed by atoms with Gasteiger partial charge in [0.25, 0.3) is 5.91 Å². The van der Waals surface area contributed by atoms with Gasteiger partial charge in [-0.05, 0) is 65.1 Å². The van der Waals surface area contributed by atoms with Gasteiger partial charge in [-0.25, -0.2) is 0 Å². The highest BCUT2D eigenvalue weighted by molar-refractivity contribution is 14.1. The molecule has 94 valence electrons. The molecule has 5 heteroatoms. The van der Waals surface area contributed by atoms with Crippen molar-refractivity contribution in [2.45, 2.75) is 0 Å². The first kappa shape index (κ1) is 14.0. The van der Waals surface area contributed by atoms with Crippen LogP contribution in [0.15, 0.2) is 46.9 Å². The number of nitrogens with zero attached hydrogens (tertiary/aromatic N) is 1. The molecule has 0 fully saturated rings. The Hall–Kier alpha value is -1.39. The van der Waals surface area contributed by atoms with Crippen LogP contribution in [0.25, 0.3) is 0 Å². The van der Waals surface area contributed by atoms with Crippen molar-refractivity contribution >= 4 is 50.1 Å². The summed E-state index contributed by atoms with van der Waals surface area (Å²) in [7, 11) is 0. The number of hydrogen-bond acceptors (Lipinski definition) is 2. The molecular formula is C14H8BrIN2O. The summed E-state index contributed by atoms with van der Waals surface area (Å²) in [6.45, 7) is 0. The minimum atomic E-state index is -0.231. The van der Waals surface area contributed by atoms with Gasteiger partial charge in [0, 0.05) is 13.6 Å². The van der Waals surface area contributed by atoms with Gasteiger partial charge in [-0.2, -0.15) is 5.26 Å². The quantitative estimate of drug-likeness (QED) is 0.732. The molecule has 0 atom stereocenters. The predicted octanol–water partition coefficient (Wildman–Crippen LogP) is 4.18. The molecule has 0 spiro atoms. The lowest BCUT2D eigenvalue weighted by Crippen LogP contribution is -2.12. The van der Waals surface area contributed by atoms with Crippen LogP contribution in [0.4, 0.5) is 5.69 Å². The number of nitriles is 1. The molecule has 3 nitrogen and oxygen atoms in total. The summed E-state index contributed by atoms with van der Waals surface area (Å²) in [5.41, 5.74) is 1.49. The Labute approximate surface area is 132 Å². The average Bonchev–Trinajstić information content (AvgIpc) is 2.39. The molecule has 0 saturated carbocycles. The minimum Gasteiger partial charge on any atom is -0.321 e. The van der Waals surface area contributed by atoms with Crippen molar-refractivity contribution in [3.63, 3.8) is 0 Å². The zero-order valence-corrected chi connectivity index (χ0v) is 13.4. The molecule has 1 amide bonds. The number of benzene rings is 2. The van der Waals surface area contributed by atoms with Gasteiger partial charge in [-0.1, -0.05) is 15.9 Å². The first-order valence-electron chi connectivity index (χ1n) is 5.37. The average molecular weight is 427 g/mol. The van der Waals surface area contributed by atoms with Crippen molar-refractivity contribution in [3.8, 4) is 6.07 Å². The zero-order valence-electron chi connectivity index (χ0n) is 9.65. The number of nitrogens with one attached hydrogen (secondary N) is 1. The van der Waals surface area contributed by atoms with Crippen LogP contribution in [0.5, 0.6) is 0 Å². The van der Waals surface area contributed by atoms with E-state index in [1.54, 1.807) is 30.3 Å². The summed E-state index contributed by atoms with van der Waals surface area (Å²) in [5, 5.41) is 11.8. The molecule has 0 aliphatic carbocycles. The van der Waals surface area contributed by atoms with Gasteiger partial charge in [0.1, 0.15) is 6.07 Å². The normalized spacial score (nSPS) is 9.74. The highest BCUT2D eigenvalue weighted by atomic mass is 127. The second-order valence-corrected chi connectivity index (χ2v) is 5.92. The number of carbonyl (C=O) groups is 1. The van der Waals surface area contributed by atoms with Gasteiger partial charge in [0.15, 0.2) is 0 Å². The van der Waals surface area contributed by atoms with Crippen molar-refractivity contribution in [3.05, 3.63) is 61.6 Å². The Morgan fingerprint density at radius 2 is 1.89 bits per heavy atom. The fraction of sp³-hybridized carbons (Fsp3) is 0. The molecule has 1 N–H and O–H groups in total. The van der Waals surface area contributed by atoms with Crippen molar-refractivity contribution in [2.24, 2.45) is 0 Å². The van der Waals surface area contributed by atoms with Crippen LogP contribution in [0, 0.1) is 14.9 Å². The first-order chi connectivity index (χ1) is 9.10. The Bertz CT molecular complexity index is 662. The summed E-state index contributed by atoms with van der Waals surface area (Å²) in [5.74, 6) is -0.231. The SMILES string of the molecule is N#Cc1ccc(Br)cc1NC(=O)c1ccc(I)cc1. The van der Waals surface area contributed by atoms with E-state index in [0.717, 1.165) is 8.04 Å². The van der Waals surface area contributed by atoms with Crippen LogP contribution in [0.2, 0.25) is 0 Å². The maximum atomic E-state index is 12.1. The minimum absolute atomic E-state index is 0.231. The summed E-state index contributed by atoms with van der Waals surface area (Å²) in [6, 6.07) is 14.4. The van der Waals surface area contributed by atoms with Crippen LogP contribution in [-0.2, 0) is 0 Å². The van der Waals surface area contributed by atoms with Gasteiger partial charge in [0.05, 0.1) is 11.3 Å². The molecule has 0 saturated heterocycles. The van der Waals surface area contributed by atoms with E-state index in [0.29, 0.717) is 16.8 Å². The van der Waals surface area contributed by atoms with Crippen molar-refractivity contribution in [1.82, 2.24) is 0 Å². The van der Waals surface area contributed by atoms with E-state index in [4.69, 9.17) is 5.26 Å². The zero-order chi connectivity index (χ0) is 13.8. The molecule has 0 aliphatic heterocycles. The van der Waals surface area contributed by atoms with Crippen LogP contribution in [-0.4, -0.2) is 5.91 Å². The Morgan fingerprint density at radius 3 is 2.53 bits per heavy atom. The monoisotopic (exact) mass is 426 g/mol. The lowest BCUT2D eigenvalue weighted by molar-refractivity contribution is 0.102. The van der Waals surface area contributed by atoms with Gasteiger partial charge >= 0.3 is 0 Å². The van der Waals surface area contributed by atoms with Crippen LogP contribution >= 0.6 is 38.5 Å². The second-order valence-electron chi connectivity index (χ2n) is 3.76. The highest BCUT2D eigenvalue weighted by Gasteiger charge is 2.09. The van der Waals surface area contributed by atoms with Crippen molar-refractivity contribution in [2.75, 3.05) is 5.32 Å². The number of carbonyl (C=O) groups excluding carboxylic acids is 1. The van der Waals surface area contributed by atoms with Gasteiger partial charge in [-0.3, -0.25) is 4.79 Å². The molecule has 0 bridgehead atoms. The van der Waals surface area contributed by atoms with Crippen molar-refractivity contribution in [1.29, 1.82) is 5.26 Å². The van der Waals surface area contributed by atoms with E-state index in [1.165, 1.54) is 0 Å². The largest absolute Gasteiger partial charge is 0.321 e. The molecule has 2 aromatic rings. The molecule has 0 aromatic heterocycles. The number of halogens is 2. The van der Waals surface area contributed by atoms with Gasteiger partial charge < -0.3 is 5.32 Å².